The van der Waals surface area contributed by atoms with Gasteiger partial charge in [-0.05, 0) is 91.4 Å². The van der Waals surface area contributed by atoms with Crippen LogP contribution in [0.1, 0.15) is 137 Å². The number of amides is 12. The Morgan fingerprint density at radius 3 is 1.60 bits per heavy atom. The first-order chi connectivity index (χ1) is 56.4. The van der Waals surface area contributed by atoms with E-state index in [9.17, 15) is 94.7 Å². The first-order valence-corrected chi connectivity index (χ1v) is 38.1. The summed E-state index contributed by atoms with van der Waals surface area (Å²) >= 11 is 0. The molecule has 12 amide bonds. The van der Waals surface area contributed by atoms with Crippen molar-refractivity contribution < 1.29 is 138 Å². The van der Waals surface area contributed by atoms with E-state index in [-0.39, 0.29) is 75.7 Å². The van der Waals surface area contributed by atoms with E-state index in [1.54, 1.807) is 91.8 Å². The number of carboxylic acid groups (broad SMARTS) is 2. The minimum atomic E-state index is -5.08. The summed E-state index contributed by atoms with van der Waals surface area (Å²) < 4.78 is 75.0. The van der Waals surface area contributed by atoms with Crippen LogP contribution in [0.5, 0.6) is 0 Å². The fourth-order valence-corrected chi connectivity index (χ4v) is 11.0. The average molecular weight is 1730 g/mol. The zero-order chi connectivity index (χ0) is 91.9. The van der Waals surface area contributed by atoms with Gasteiger partial charge < -0.3 is 115 Å². The number of alkyl carbamates (subject to hydrolysis) is 1. The molecule has 0 radical (unpaired) electrons. The third-order valence-corrected chi connectivity index (χ3v) is 17.6. The van der Waals surface area contributed by atoms with E-state index in [4.69, 9.17) is 40.7 Å². The molecule has 2 aromatic carbocycles. The van der Waals surface area contributed by atoms with Crippen molar-refractivity contribution in [2.45, 2.75) is 225 Å². The van der Waals surface area contributed by atoms with Gasteiger partial charge >= 0.3 is 36.4 Å². The molecule has 0 unspecified atom stereocenters. The number of cyclic esters (lactones) is 1. The number of ether oxygens (including phenoxy) is 2. The molecule has 0 spiro atoms. The predicted molar refractivity (Wildman–Crippen MR) is 416 cm³/mol. The first kappa shape index (κ1) is 105. The van der Waals surface area contributed by atoms with Gasteiger partial charge in [-0.25, -0.2) is 19.2 Å². The van der Waals surface area contributed by atoms with Gasteiger partial charge in [0.05, 0.1) is 25.4 Å². The van der Waals surface area contributed by atoms with Crippen LogP contribution in [0.3, 0.4) is 0 Å². The molecular formula is C76H110F6N16O23. The highest BCUT2D eigenvalue weighted by molar-refractivity contribution is 6.01. The second-order valence-corrected chi connectivity index (χ2v) is 29.5. The lowest BCUT2D eigenvalue weighted by Gasteiger charge is -2.34. The molecule has 3 aromatic rings. The zero-order valence-electron chi connectivity index (χ0n) is 68.3. The lowest BCUT2D eigenvalue weighted by atomic mass is 9.95. The number of alkyl halides is 6. The minimum absolute atomic E-state index is 0.0214. The number of nitrogens with zero attached hydrogens (tertiary/aromatic N) is 2. The van der Waals surface area contributed by atoms with Gasteiger partial charge in [0.1, 0.15) is 61.0 Å². The molecule has 0 bridgehead atoms. The molecule has 1 saturated heterocycles. The Hall–Kier alpha value is -11.9. The van der Waals surface area contributed by atoms with Gasteiger partial charge in [-0.15, -0.1) is 0 Å². The largest absolute Gasteiger partial charge is 0.490 e. The lowest BCUT2D eigenvalue weighted by molar-refractivity contribution is -0.193. The van der Waals surface area contributed by atoms with E-state index >= 15 is 14.4 Å². The number of halogens is 6. The molecule has 39 nitrogen and oxygen atoms in total. The Kier molecular flexibility index (Phi) is 44.8. The summed E-state index contributed by atoms with van der Waals surface area (Å²) in [6, 6.07) is 0.261. The number of aliphatic imine (C=N–C) groups is 1. The van der Waals surface area contributed by atoms with Gasteiger partial charge in [-0.1, -0.05) is 142 Å². The number of aliphatic carboxylic acids is 2. The molecule has 1 fully saturated rings. The third kappa shape index (κ3) is 38.4. The van der Waals surface area contributed by atoms with Crippen LogP contribution in [0.2, 0.25) is 0 Å². The van der Waals surface area contributed by atoms with Crippen LogP contribution in [0.4, 0.5) is 31.1 Å². The number of benzene rings is 2. The molecular weight excluding hydrogens is 1620 g/mol. The third-order valence-electron chi connectivity index (χ3n) is 17.6. The summed E-state index contributed by atoms with van der Waals surface area (Å²) in [7, 11) is 0. The highest BCUT2D eigenvalue weighted by atomic mass is 19.4. The Labute approximate surface area is 692 Å². The number of guanidine groups is 1. The molecule has 121 heavy (non-hydrogen) atoms. The summed E-state index contributed by atoms with van der Waals surface area (Å²) in [5.74, 6) is -23.2. The maximum atomic E-state index is 15.7. The maximum absolute atomic E-state index is 15.7. The summed E-state index contributed by atoms with van der Waals surface area (Å²) in [6.45, 7) is 14.6. The molecule has 1 aliphatic heterocycles. The smallest absolute Gasteiger partial charge is 0.475 e. The Bertz CT molecular complexity index is 3920. The van der Waals surface area contributed by atoms with Crippen LogP contribution >= 0.6 is 0 Å². The number of hydrogen-bond acceptors (Lipinski definition) is 23. The van der Waals surface area contributed by atoms with Crippen LogP contribution in [0, 0.1) is 29.6 Å². The Morgan fingerprint density at radius 1 is 0.595 bits per heavy atom. The number of aliphatic hydroxyl groups excluding tert-OH is 4. The van der Waals surface area contributed by atoms with Crippen molar-refractivity contribution in [1.29, 1.82) is 0 Å². The molecule has 22 N–H and O–H groups in total. The molecule has 1 aromatic heterocycles. The number of rotatable bonds is 28. The summed E-state index contributed by atoms with van der Waals surface area (Å²) in [6.07, 6.45) is -16.9. The minimum Gasteiger partial charge on any atom is -0.475 e. The van der Waals surface area contributed by atoms with Gasteiger partial charge in [0.25, 0.3) is 5.91 Å². The van der Waals surface area contributed by atoms with E-state index < -0.39 is 223 Å². The topological polar surface area (TPSA) is 618 Å². The Balaban J connectivity index is 0.00000324. The van der Waals surface area contributed by atoms with Gasteiger partial charge in [-0.3, -0.25) is 62.7 Å². The summed E-state index contributed by atoms with van der Waals surface area (Å²) in [5, 5.41) is 89.2. The van der Waals surface area contributed by atoms with Gasteiger partial charge in [0.15, 0.2) is 24.2 Å². The van der Waals surface area contributed by atoms with Crippen molar-refractivity contribution in [2.24, 2.45) is 46.0 Å². The van der Waals surface area contributed by atoms with E-state index in [1.807, 2.05) is 0 Å². The standard InChI is InChI=1S/C72H108N16O19.2C2HF3O2/c1-12-41(10)52-65(99)86-53(42(11)90)64(98)78-34-51(91)84-55(58(93)69(103)77-33-44-23-19-27-75-32-44)67(101)82-50(35-89)70(104)107-59(45-24-17-14-18-25-45)56(88-63(97)48(30-38(4)5)80-62(96)49(31-39(6)7)83-72(105)106-36-43-21-15-13-16-22-43)68(102)87-54(57(92)40(8)9)66(100)81-47(29-37(2)3)61(95)79-46(60(94)85-52)26-20-28-76-71(73)74;2*3-2(4,5)1(6)7/h13-19,21-25,27,32,37-42,46-50,52-59,89-90,92-93H,12,20,26,28-31,33-36H2,1-11H3,(H,77,103)(H,78,98)(H,79,95)(H,80,96)(H,81,100)(H,82,101)(H,83,105)(H,84,91)(H,85,94)(H,86,99)(H,87,102)(H,88,97)(H4,73,74,76);2*(H,6,7)/t41-,42-,46+,47-,48-,49+,50-,52-,53-,54-,55-,56-,57+,58-,59+;;/m0../s1. The number of carbonyl (C=O) groups excluding carboxylic acids is 13. The quantitative estimate of drug-likeness (QED) is 0.0137. The molecule has 0 saturated carbocycles. The van der Waals surface area contributed by atoms with Crippen LogP contribution < -0.4 is 75.3 Å². The van der Waals surface area contributed by atoms with Crippen LogP contribution in [0.25, 0.3) is 0 Å². The lowest BCUT2D eigenvalue weighted by Crippen LogP contribution is -2.64. The predicted octanol–water partition coefficient (Wildman–Crippen LogP) is -0.974. The fraction of sp³-hybridized carbons (Fsp3) is 0.566. The summed E-state index contributed by atoms with van der Waals surface area (Å²) in [4.78, 5) is 215. The van der Waals surface area contributed by atoms with Crippen LogP contribution in [-0.2, 0) is 89.7 Å². The number of hydrogen-bond donors (Lipinski definition) is 20. The molecule has 674 valence electrons. The highest BCUT2D eigenvalue weighted by Crippen LogP contribution is 2.26. The maximum Gasteiger partial charge on any atom is 0.490 e. The summed E-state index contributed by atoms with van der Waals surface area (Å²) in [5.41, 5.74) is 12.1. The molecule has 4 rings (SSSR count). The van der Waals surface area contributed by atoms with Gasteiger partial charge in [0.2, 0.25) is 59.1 Å². The number of aliphatic hydroxyl groups is 4. The number of carboxylic acids is 2. The number of nitrogens with one attached hydrogen (secondary N) is 12. The van der Waals surface area contributed by atoms with E-state index in [0.29, 0.717) is 11.1 Å². The number of carbonyl (C=O) groups is 15. The molecule has 2 heterocycles. The second kappa shape index (κ2) is 51.6. The number of nitrogens with two attached hydrogens (primary N) is 2. The van der Waals surface area contributed by atoms with Crippen molar-refractivity contribution in [3.63, 3.8) is 0 Å². The zero-order valence-corrected chi connectivity index (χ0v) is 68.3. The van der Waals surface area contributed by atoms with Crippen molar-refractivity contribution in [3.8, 4) is 0 Å². The molecule has 45 heteroatoms. The number of pyridine rings is 1. The molecule has 1 aliphatic rings. The number of esters is 1. The second-order valence-electron chi connectivity index (χ2n) is 29.5. The van der Waals surface area contributed by atoms with Crippen LogP contribution in [0.15, 0.2) is 90.2 Å². The highest BCUT2D eigenvalue weighted by Gasteiger charge is 2.45. The van der Waals surface area contributed by atoms with Gasteiger partial charge in [0, 0.05) is 25.5 Å². The van der Waals surface area contributed by atoms with Gasteiger partial charge in [-0.2, -0.15) is 26.3 Å². The number of aromatic nitrogens is 1. The van der Waals surface area contributed by atoms with E-state index in [1.165, 1.54) is 62.6 Å². The molecule has 15 atom stereocenters. The normalized spacial score (nSPS) is 21.2. The monoisotopic (exact) mass is 1730 g/mol. The van der Waals surface area contributed by atoms with Crippen molar-refractivity contribution in [1.82, 2.24) is 68.8 Å². The van der Waals surface area contributed by atoms with Crippen LogP contribution in [-0.4, -0.2) is 241 Å². The molecule has 0 aliphatic carbocycles. The SMILES string of the molecule is CC[C@H](C)[C@@H]1NC(=O)[C@@H](CCCN=C(N)N)NC(=O)[C@H](CC(C)C)NC(=O)[C@H]([C@H](O)C(C)C)NC(=O)[C@@H](NC(=O)[C@H](CC(C)C)NC(=O)[C@@H](CC(C)C)NC(=O)OCc2ccccc2)[C@@H](c2ccccc2)OC(=O)[C@H](CO)NC(=O)[C@H]([C@H](O)C(=O)NCc2cccnc2)NC(=O)CNC(=O)[C@H]([C@H](C)O)NC1=O.O=C(O)C(F)(F)F.O=C(O)C(F)(F)F. The Morgan fingerprint density at radius 2 is 1.10 bits per heavy atom. The first-order valence-electron chi connectivity index (χ1n) is 38.1. The average Bonchev–Trinajstić information content (AvgIpc) is 0.628. The van der Waals surface area contributed by atoms with E-state index in [0.717, 1.165) is 6.92 Å². The fourth-order valence-electron chi connectivity index (χ4n) is 11.0. The van der Waals surface area contributed by atoms with Crippen molar-refractivity contribution in [3.05, 3.63) is 102 Å². The van der Waals surface area contributed by atoms with E-state index in [2.05, 4.69) is 73.8 Å². The van der Waals surface area contributed by atoms with Crippen molar-refractivity contribution >= 4 is 94.9 Å². The van der Waals surface area contributed by atoms with Crippen molar-refractivity contribution in [2.75, 3.05) is 19.7 Å².